The highest BCUT2D eigenvalue weighted by Crippen LogP contribution is 2.25. The van der Waals surface area contributed by atoms with Crippen molar-refractivity contribution in [3.63, 3.8) is 0 Å². The molecule has 0 saturated heterocycles. The van der Waals surface area contributed by atoms with Crippen LogP contribution < -0.4 is 5.43 Å². The number of hydrogen-bond acceptors (Lipinski definition) is 4. The average molecular weight is 371 g/mol. The maximum absolute atomic E-state index is 11.9. The van der Waals surface area contributed by atoms with Crippen LogP contribution in [0.15, 0.2) is 70.7 Å². The number of phenolic OH excluding ortho intramolecular Hbond substituents is 1. The number of benzene rings is 3. The van der Waals surface area contributed by atoms with Crippen LogP contribution in [-0.2, 0) is 4.79 Å². The van der Waals surface area contributed by atoms with Crippen molar-refractivity contribution in [2.45, 2.75) is 4.90 Å². The SMILES string of the molecule is O=C(CSc1ccc(Cl)cc1)NN=Cc1c(O)ccc2ccccc12. The minimum atomic E-state index is -0.226. The second kappa shape index (κ2) is 8.05. The summed E-state index contributed by atoms with van der Waals surface area (Å²) in [6.07, 6.45) is 1.46. The van der Waals surface area contributed by atoms with Gasteiger partial charge in [0.05, 0.1) is 12.0 Å². The Bertz CT molecular complexity index is 926. The number of hydrogen-bond donors (Lipinski definition) is 2. The first-order chi connectivity index (χ1) is 12.1. The first-order valence-electron chi connectivity index (χ1n) is 7.54. The van der Waals surface area contributed by atoms with Gasteiger partial charge in [-0.3, -0.25) is 4.79 Å². The van der Waals surface area contributed by atoms with Gasteiger partial charge in [-0.05, 0) is 41.1 Å². The fourth-order valence-electron chi connectivity index (χ4n) is 2.30. The molecule has 0 aromatic heterocycles. The molecule has 0 unspecified atom stereocenters. The molecular formula is C19H15ClN2O2S. The molecule has 0 saturated carbocycles. The summed E-state index contributed by atoms with van der Waals surface area (Å²) in [6.45, 7) is 0. The summed E-state index contributed by atoms with van der Waals surface area (Å²) in [5, 5.41) is 16.5. The van der Waals surface area contributed by atoms with Gasteiger partial charge < -0.3 is 5.11 Å². The van der Waals surface area contributed by atoms with Gasteiger partial charge in [-0.15, -0.1) is 11.8 Å². The van der Waals surface area contributed by atoms with Crippen molar-refractivity contribution in [3.05, 3.63) is 71.2 Å². The van der Waals surface area contributed by atoms with Gasteiger partial charge in [0.2, 0.25) is 5.91 Å². The third kappa shape index (κ3) is 4.53. The standard InChI is InChI=1S/C19H15ClN2O2S/c20-14-6-8-15(9-7-14)25-12-19(24)22-21-11-17-16-4-2-1-3-13(16)5-10-18(17)23/h1-11,23H,12H2,(H,22,24). The van der Waals surface area contributed by atoms with E-state index in [1.165, 1.54) is 18.0 Å². The van der Waals surface area contributed by atoms with Crippen molar-refractivity contribution in [2.75, 3.05) is 5.75 Å². The van der Waals surface area contributed by atoms with Crippen molar-refractivity contribution in [2.24, 2.45) is 5.10 Å². The molecule has 0 fully saturated rings. The van der Waals surface area contributed by atoms with Crippen molar-refractivity contribution < 1.29 is 9.90 Å². The molecule has 126 valence electrons. The van der Waals surface area contributed by atoms with Crippen LogP contribution >= 0.6 is 23.4 Å². The molecule has 25 heavy (non-hydrogen) atoms. The number of carbonyl (C=O) groups is 1. The number of hydrazone groups is 1. The number of amides is 1. The largest absolute Gasteiger partial charge is 0.507 e. The number of rotatable bonds is 5. The van der Waals surface area contributed by atoms with Crippen molar-refractivity contribution in [3.8, 4) is 5.75 Å². The smallest absolute Gasteiger partial charge is 0.250 e. The summed E-state index contributed by atoms with van der Waals surface area (Å²) < 4.78 is 0. The first-order valence-corrected chi connectivity index (χ1v) is 8.91. The van der Waals surface area contributed by atoms with Gasteiger partial charge in [0, 0.05) is 15.5 Å². The Balaban J connectivity index is 1.62. The van der Waals surface area contributed by atoms with Crippen LogP contribution in [0.25, 0.3) is 10.8 Å². The molecule has 0 heterocycles. The lowest BCUT2D eigenvalue weighted by Crippen LogP contribution is -2.19. The number of phenols is 1. The highest BCUT2D eigenvalue weighted by atomic mass is 35.5. The number of thioether (sulfide) groups is 1. The Morgan fingerprint density at radius 3 is 2.68 bits per heavy atom. The number of halogens is 1. The van der Waals surface area contributed by atoms with Gasteiger partial charge >= 0.3 is 0 Å². The normalized spacial score (nSPS) is 11.1. The van der Waals surface area contributed by atoms with E-state index in [-0.39, 0.29) is 17.4 Å². The minimum Gasteiger partial charge on any atom is -0.507 e. The Kier molecular flexibility index (Phi) is 5.58. The van der Waals surface area contributed by atoms with Crippen LogP contribution in [0.2, 0.25) is 5.02 Å². The van der Waals surface area contributed by atoms with Gasteiger partial charge in [0.15, 0.2) is 0 Å². The summed E-state index contributed by atoms with van der Waals surface area (Å²) in [5.41, 5.74) is 3.05. The van der Waals surface area contributed by atoms with E-state index in [9.17, 15) is 9.90 Å². The molecule has 6 heteroatoms. The second-order valence-corrected chi connectivity index (χ2v) is 6.74. The summed E-state index contributed by atoms with van der Waals surface area (Å²) in [6, 6.07) is 18.4. The van der Waals surface area contributed by atoms with Gasteiger partial charge in [0.25, 0.3) is 0 Å². The van der Waals surface area contributed by atoms with Crippen LogP contribution in [0.3, 0.4) is 0 Å². The lowest BCUT2D eigenvalue weighted by Gasteiger charge is -2.05. The minimum absolute atomic E-state index is 0.118. The van der Waals surface area contributed by atoms with E-state index in [0.29, 0.717) is 10.6 Å². The quantitative estimate of drug-likeness (QED) is 0.396. The summed E-state index contributed by atoms with van der Waals surface area (Å²) in [7, 11) is 0. The summed E-state index contributed by atoms with van der Waals surface area (Å²) >= 11 is 7.22. The summed E-state index contributed by atoms with van der Waals surface area (Å²) in [5.74, 6) is 0.128. The Morgan fingerprint density at radius 1 is 1.12 bits per heavy atom. The van der Waals surface area contributed by atoms with E-state index in [0.717, 1.165) is 15.7 Å². The van der Waals surface area contributed by atoms with E-state index in [2.05, 4.69) is 10.5 Å². The molecule has 3 aromatic carbocycles. The lowest BCUT2D eigenvalue weighted by atomic mass is 10.0. The molecule has 3 aromatic rings. The predicted octanol–water partition coefficient (Wildman–Crippen LogP) is 4.44. The number of nitrogens with one attached hydrogen (secondary N) is 1. The molecule has 4 nitrogen and oxygen atoms in total. The molecule has 0 aliphatic rings. The maximum Gasteiger partial charge on any atom is 0.250 e. The Morgan fingerprint density at radius 2 is 1.88 bits per heavy atom. The van der Waals surface area contributed by atoms with Crippen molar-refractivity contribution >= 4 is 46.3 Å². The molecular weight excluding hydrogens is 356 g/mol. The van der Waals surface area contributed by atoms with Crippen LogP contribution in [0.1, 0.15) is 5.56 Å². The van der Waals surface area contributed by atoms with E-state index in [1.807, 2.05) is 42.5 Å². The number of nitrogens with zero attached hydrogens (tertiary/aromatic N) is 1. The summed E-state index contributed by atoms with van der Waals surface area (Å²) in [4.78, 5) is 12.8. The zero-order chi connectivity index (χ0) is 17.6. The average Bonchev–Trinajstić information content (AvgIpc) is 2.63. The zero-order valence-corrected chi connectivity index (χ0v) is 14.7. The van der Waals surface area contributed by atoms with Crippen LogP contribution in [0.5, 0.6) is 5.75 Å². The number of fused-ring (bicyclic) bond motifs is 1. The van der Waals surface area contributed by atoms with Gasteiger partial charge in [0.1, 0.15) is 5.75 Å². The maximum atomic E-state index is 11.9. The molecule has 3 rings (SSSR count). The van der Waals surface area contributed by atoms with E-state index < -0.39 is 0 Å². The Labute approximate surface area is 154 Å². The van der Waals surface area contributed by atoms with Gasteiger partial charge in [-0.1, -0.05) is 41.9 Å². The number of carbonyl (C=O) groups excluding carboxylic acids is 1. The van der Waals surface area contributed by atoms with E-state index in [1.54, 1.807) is 18.2 Å². The molecule has 2 N–H and O–H groups in total. The van der Waals surface area contributed by atoms with Crippen molar-refractivity contribution in [1.82, 2.24) is 5.43 Å². The molecule has 0 aliphatic heterocycles. The van der Waals surface area contributed by atoms with Gasteiger partial charge in [-0.2, -0.15) is 5.10 Å². The highest BCUT2D eigenvalue weighted by molar-refractivity contribution is 8.00. The monoisotopic (exact) mass is 370 g/mol. The van der Waals surface area contributed by atoms with E-state index in [4.69, 9.17) is 11.6 Å². The third-order valence-electron chi connectivity index (χ3n) is 3.51. The predicted molar refractivity (Wildman–Crippen MR) is 104 cm³/mol. The van der Waals surface area contributed by atoms with Crippen LogP contribution in [0, 0.1) is 0 Å². The van der Waals surface area contributed by atoms with Crippen LogP contribution in [0.4, 0.5) is 0 Å². The van der Waals surface area contributed by atoms with Gasteiger partial charge in [-0.25, -0.2) is 5.43 Å². The fraction of sp³-hybridized carbons (Fsp3) is 0.0526. The van der Waals surface area contributed by atoms with Crippen molar-refractivity contribution in [1.29, 1.82) is 0 Å². The molecule has 0 aliphatic carbocycles. The lowest BCUT2D eigenvalue weighted by molar-refractivity contribution is -0.118. The van der Waals surface area contributed by atoms with E-state index >= 15 is 0 Å². The highest BCUT2D eigenvalue weighted by Gasteiger charge is 2.05. The second-order valence-electron chi connectivity index (χ2n) is 5.26. The molecule has 0 radical (unpaired) electrons. The Hall–Kier alpha value is -2.50. The molecule has 0 atom stereocenters. The topological polar surface area (TPSA) is 61.7 Å². The van der Waals surface area contributed by atoms with Crippen LogP contribution in [-0.4, -0.2) is 23.0 Å². The number of aromatic hydroxyl groups is 1. The molecule has 1 amide bonds. The fourth-order valence-corrected chi connectivity index (χ4v) is 3.12. The first kappa shape index (κ1) is 17.3. The molecule has 0 bridgehead atoms. The third-order valence-corrected chi connectivity index (χ3v) is 4.78. The molecule has 0 spiro atoms. The zero-order valence-electron chi connectivity index (χ0n) is 13.1.